The molecular formula is C15H17IN2O. The number of halogens is 1. The zero-order valence-electron chi connectivity index (χ0n) is 10.8. The second kappa shape index (κ2) is 6.34. The smallest absolute Gasteiger partial charge is 0.227 e. The van der Waals surface area contributed by atoms with Gasteiger partial charge in [0.1, 0.15) is 5.60 Å². The van der Waals surface area contributed by atoms with Crippen molar-refractivity contribution in [2.45, 2.75) is 18.9 Å². The number of rotatable bonds is 5. The summed E-state index contributed by atoms with van der Waals surface area (Å²) in [5, 5.41) is 0. The summed E-state index contributed by atoms with van der Waals surface area (Å²) in [5.74, 6) is 0.655. The summed E-state index contributed by atoms with van der Waals surface area (Å²) in [4.78, 5) is 4.30. The Morgan fingerprint density at radius 3 is 2.58 bits per heavy atom. The Bertz CT molecular complexity index is 533. The Hall–Kier alpha value is -1.14. The van der Waals surface area contributed by atoms with E-state index < -0.39 is 5.60 Å². The van der Waals surface area contributed by atoms with Crippen molar-refractivity contribution in [2.75, 3.05) is 6.54 Å². The van der Waals surface area contributed by atoms with Crippen molar-refractivity contribution >= 4 is 22.6 Å². The van der Waals surface area contributed by atoms with Crippen LogP contribution in [0.1, 0.15) is 18.9 Å². The van der Waals surface area contributed by atoms with Gasteiger partial charge in [-0.3, -0.25) is 0 Å². The molecule has 1 heterocycles. The quantitative estimate of drug-likeness (QED) is 0.824. The molecule has 0 aliphatic carbocycles. The van der Waals surface area contributed by atoms with Crippen molar-refractivity contribution in [3.63, 3.8) is 0 Å². The molecule has 0 saturated heterocycles. The predicted molar refractivity (Wildman–Crippen MR) is 85.0 cm³/mol. The molecule has 0 saturated carbocycles. The van der Waals surface area contributed by atoms with Crippen LogP contribution in [0, 0.1) is 3.57 Å². The lowest BCUT2D eigenvalue weighted by Gasteiger charge is -2.30. The molecule has 2 N–H and O–H groups in total. The molecule has 1 atom stereocenters. The number of ether oxygens (including phenoxy) is 1. The maximum absolute atomic E-state index is 6.16. The van der Waals surface area contributed by atoms with E-state index in [0.717, 1.165) is 15.6 Å². The van der Waals surface area contributed by atoms with E-state index in [1.54, 1.807) is 6.20 Å². The Morgan fingerprint density at radius 2 is 1.95 bits per heavy atom. The van der Waals surface area contributed by atoms with Crippen molar-refractivity contribution in [1.29, 1.82) is 0 Å². The van der Waals surface area contributed by atoms with Gasteiger partial charge < -0.3 is 10.5 Å². The van der Waals surface area contributed by atoms with E-state index >= 15 is 0 Å². The zero-order chi connectivity index (χ0) is 13.7. The average molecular weight is 368 g/mol. The van der Waals surface area contributed by atoms with Crippen molar-refractivity contribution in [3.05, 3.63) is 57.8 Å². The molecule has 1 aromatic heterocycles. The first-order valence-electron chi connectivity index (χ1n) is 6.21. The number of nitrogens with two attached hydrogens (primary N) is 1. The molecule has 0 radical (unpaired) electrons. The van der Waals surface area contributed by atoms with Gasteiger partial charge in [-0.1, -0.05) is 30.3 Å². The normalized spacial score (nSPS) is 13.8. The number of benzene rings is 1. The summed E-state index contributed by atoms with van der Waals surface area (Å²) in [7, 11) is 0. The van der Waals surface area contributed by atoms with Crippen LogP contribution in [0.2, 0.25) is 0 Å². The van der Waals surface area contributed by atoms with Crippen molar-refractivity contribution in [1.82, 2.24) is 4.98 Å². The number of pyridine rings is 1. The molecule has 1 aromatic carbocycles. The Labute approximate surface area is 127 Å². The van der Waals surface area contributed by atoms with Crippen LogP contribution in [0.4, 0.5) is 0 Å². The van der Waals surface area contributed by atoms with Gasteiger partial charge in [0, 0.05) is 12.6 Å². The van der Waals surface area contributed by atoms with E-state index in [9.17, 15) is 0 Å². The van der Waals surface area contributed by atoms with E-state index in [-0.39, 0.29) is 0 Å². The number of aromatic nitrogens is 1. The summed E-state index contributed by atoms with van der Waals surface area (Å²) < 4.78 is 7.16. The van der Waals surface area contributed by atoms with Gasteiger partial charge in [0.2, 0.25) is 5.88 Å². The van der Waals surface area contributed by atoms with E-state index in [0.29, 0.717) is 12.4 Å². The van der Waals surface area contributed by atoms with Gasteiger partial charge >= 0.3 is 0 Å². The minimum atomic E-state index is -0.454. The van der Waals surface area contributed by atoms with Gasteiger partial charge in [-0.05, 0) is 53.8 Å². The molecule has 1 unspecified atom stereocenters. The largest absolute Gasteiger partial charge is 0.466 e. The SMILES string of the molecule is CC(CCN)(Oc1ncccc1I)c1ccccc1. The molecule has 0 spiro atoms. The highest BCUT2D eigenvalue weighted by molar-refractivity contribution is 14.1. The van der Waals surface area contributed by atoms with Crippen LogP contribution < -0.4 is 10.5 Å². The third-order valence-electron chi connectivity index (χ3n) is 3.05. The highest BCUT2D eigenvalue weighted by Crippen LogP contribution is 2.31. The fraction of sp³-hybridized carbons (Fsp3) is 0.267. The zero-order valence-corrected chi connectivity index (χ0v) is 13.0. The number of nitrogens with zero attached hydrogens (tertiary/aromatic N) is 1. The van der Waals surface area contributed by atoms with Crippen LogP contribution in [0.25, 0.3) is 0 Å². The van der Waals surface area contributed by atoms with Gasteiger partial charge in [0.05, 0.1) is 3.57 Å². The Morgan fingerprint density at radius 1 is 1.21 bits per heavy atom. The second-order valence-corrected chi connectivity index (χ2v) is 5.69. The van der Waals surface area contributed by atoms with Gasteiger partial charge in [0.15, 0.2) is 0 Å². The van der Waals surface area contributed by atoms with Crippen LogP contribution in [-0.2, 0) is 5.60 Å². The summed E-state index contributed by atoms with van der Waals surface area (Å²) in [6, 6.07) is 14.0. The topological polar surface area (TPSA) is 48.1 Å². The molecule has 100 valence electrons. The Kier molecular flexibility index (Phi) is 4.76. The fourth-order valence-electron chi connectivity index (χ4n) is 1.98. The maximum atomic E-state index is 6.16. The van der Waals surface area contributed by atoms with Crippen molar-refractivity contribution in [2.24, 2.45) is 5.73 Å². The van der Waals surface area contributed by atoms with E-state index in [4.69, 9.17) is 10.5 Å². The van der Waals surface area contributed by atoms with Gasteiger partial charge in [0.25, 0.3) is 0 Å². The maximum Gasteiger partial charge on any atom is 0.227 e. The first-order chi connectivity index (χ1) is 9.15. The van der Waals surface area contributed by atoms with Crippen LogP contribution in [0.5, 0.6) is 5.88 Å². The van der Waals surface area contributed by atoms with Crippen molar-refractivity contribution in [3.8, 4) is 5.88 Å². The monoisotopic (exact) mass is 368 g/mol. The third kappa shape index (κ3) is 3.45. The highest BCUT2D eigenvalue weighted by Gasteiger charge is 2.29. The minimum absolute atomic E-state index is 0.454. The van der Waals surface area contributed by atoms with Crippen LogP contribution in [0.15, 0.2) is 48.7 Å². The molecule has 0 amide bonds. The first kappa shape index (κ1) is 14.3. The summed E-state index contributed by atoms with van der Waals surface area (Å²) in [6.07, 6.45) is 2.48. The molecule has 2 rings (SSSR count). The average Bonchev–Trinajstić information content (AvgIpc) is 2.43. The van der Waals surface area contributed by atoms with E-state index in [1.807, 2.05) is 30.3 Å². The lowest BCUT2D eigenvalue weighted by atomic mass is 9.92. The van der Waals surface area contributed by atoms with E-state index in [2.05, 4.69) is 46.6 Å². The first-order valence-corrected chi connectivity index (χ1v) is 7.29. The second-order valence-electron chi connectivity index (χ2n) is 4.53. The van der Waals surface area contributed by atoms with Crippen LogP contribution in [0.3, 0.4) is 0 Å². The molecule has 3 nitrogen and oxygen atoms in total. The van der Waals surface area contributed by atoms with Gasteiger partial charge in [-0.2, -0.15) is 0 Å². The van der Waals surface area contributed by atoms with Gasteiger partial charge in [-0.25, -0.2) is 4.98 Å². The fourth-order valence-corrected chi connectivity index (χ4v) is 2.44. The number of hydrogen-bond acceptors (Lipinski definition) is 3. The lowest BCUT2D eigenvalue weighted by Crippen LogP contribution is -2.32. The highest BCUT2D eigenvalue weighted by atomic mass is 127. The van der Waals surface area contributed by atoms with Crippen LogP contribution >= 0.6 is 22.6 Å². The molecule has 0 fully saturated rings. The lowest BCUT2D eigenvalue weighted by molar-refractivity contribution is 0.0728. The summed E-state index contributed by atoms with van der Waals surface area (Å²) in [6.45, 7) is 2.62. The molecule has 0 aliphatic heterocycles. The van der Waals surface area contributed by atoms with E-state index in [1.165, 1.54) is 0 Å². The minimum Gasteiger partial charge on any atom is -0.466 e. The third-order valence-corrected chi connectivity index (χ3v) is 3.87. The molecule has 0 bridgehead atoms. The molecule has 2 aromatic rings. The van der Waals surface area contributed by atoms with Gasteiger partial charge in [-0.15, -0.1) is 0 Å². The standard InChI is InChI=1S/C15H17IN2O/c1-15(9-10-17,12-6-3-2-4-7-12)19-14-13(16)8-5-11-18-14/h2-8,11H,9-10,17H2,1H3. The van der Waals surface area contributed by atoms with Crippen LogP contribution in [-0.4, -0.2) is 11.5 Å². The van der Waals surface area contributed by atoms with Crippen molar-refractivity contribution < 1.29 is 4.74 Å². The Balaban J connectivity index is 2.33. The molecular weight excluding hydrogens is 351 g/mol. The summed E-state index contributed by atoms with van der Waals surface area (Å²) in [5.41, 5.74) is 6.40. The molecule has 4 heteroatoms. The predicted octanol–water partition coefficient (Wildman–Crippen LogP) is 3.33. The molecule has 19 heavy (non-hydrogen) atoms. The molecule has 0 aliphatic rings. The number of hydrogen-bond donors (Lipinski definition) is 1. The summed E-state index contributed by atoms with van der Waals surface area (Å²) >= 11 is 2.23.